The van der Waals surface area contributed by atoms with Gasteiger partial charge in [0.2, 0.25) is 5.91 Å². The number of hydrogen-bond donors (Lipinski definition) is 0. The van der Waals surface area contributed by atoms with E-state index in [1.54, 1.807) is 14.1 Å². The van der Waals surface area contributed by atoms with Gasteiger partial charge < -0.3 is 4.90 Å². The number of amides is 1. The minimum absolute atomic E-state index is 0.0501. The minimum atomic E-state index is -1.25. The van der Waals surface area contributed by atoms with Gasteiger partial charge in [0.15, 0.2) is 0 Å². The van der Waals surface area contributed by atoms with Crippen LogP contribution in [0.25, 0.3) is 0 Å². The van der Waals surface area contributed by atoms with E-state index in [0.717, 1.165) is 10.5 Å². The van der Waals surface area contributed by atoms with Crippen LogP contribution >= 0.6 is 0 Å². The zero-order chi connectivity index (χ0) is 13.0. The Bertz CT molecular complexity index is 427. The first kappa shape index (κ1) is 13.9. The van der Waals surface area contributed by atoms with Crippen LogP contribution in [0.15, 0.2) is 29.2 Å². The Labute approximate surface area is 105 Å². The van der Waals surface area contributed by atoms with Crippen LogP contribution in [0.2, 0.25) is 0 Å². The summed E-state index contributed by atoms with van der Waals surface area (Å²) >= 11 is 0. The van der Waals surface area contributed by atoms with Gasteiger partial charge in [0, 0.05) is 19.0 Å². The van der Waals surface area contributed by atoms with Crippen molar-refractivity contribution < 1.29 is 9.00 Å². The lowest BCUT2D eigenvalue weighted by Crippen LogP contribution is -2.27. The molecule has 94 valence electrons. The third-order valence-electron chi connectivity index (χ3n) is 2.54. The highest BCUT2D eigenvalue weighted by atomic mass is 32.2. The first-order chi connectivity index (χ1) is 7.91. The molecule has 0 aliphatic rings. The van der Waals surface area contributed by atoms with Crippen molar-refractivity contribution in [1.82, 2.24) is 4.90 Å². The summed E-state index contributed by atoms with van der Waals surface area (Å²) in [6, 6.07) is 7.64. The minimum Gasteiger partial charge on any atom is -0.348 e. The Balaban J connectivity index is 2.82. The lowest BCUT2D eigenvalue weighted by molar-refractivity contribution is -0.125. The smallest absolute Gasteiger partial charge is 0.235 e. The molecule has 0 aromatic heterocycles. The maximum atomic E-state index is 12.0. The van der Waals surface area contributed by atoms with Gasteiger partial charge in [-0.2, -0.15) is 0 Å². The fraction of sp³-hybridized carbons (Fsp3) is 0.462. The van der Waals surface area contributed by atoms with Crippen molar-refractivity contribution in [3.63, 3.8) is 0 Å². The van der Waals surface area contributed by atoms with E-state index in [4.69, 9.17) is 0 Å². The molecule has 1 rings (SSSR count). The second kappa shape index (κ2) is 5.96. The predicted molar refractivity (Wildman–Crippen MR) is 70.5 cm³/mol. The Morgan fingerprint density at radius 2 is 2.00 bits per heavy atom. The lowest BCUT2D eigenvalue weighted by Gasteiger charge is -2.11. The second-order valence-corrected chi connectivity index (χ2v) is 5.96. The van der Waals surface area contributed by atoms with Crippen LogP contribution in [-0.2, 0) is 15.6 Å². The molecule has 0 fully saturated rings. The number of carbonyl (C=O) groups excluding carboxylic acids is 1. The van der Waals surface area contributed by atoms with E-state index < -0.39 is 10.8 Å². The quantitative estimate of drug-likeness (QED) is 0.823. The van der Waals surface area contributed by atoms with Crippen LogP contribution in [-0.4, -0.2) is 34.9 Å². The molecule has 0 bridgehead atoms. The van der Waals surface area contributed by atoms with Gasteiger partial charge in [0.1, 0.15) is 5.75 Å². The number of rotatable bonds is 4. The summed E-state index contributed by atoms with van der Waals surface area (Å²) < 4.78 is 12.0. The Morgan fingerprint density at radius 3 is 2.53 bits per heavy atom. The van der Waals surface area contributed by atoms with E-state index >= 15 is 0 Å². The van der Waals surface area contributed by atoms with E-state index in [1.165, 1.54) is 4.90 Å². The molecule has 1 amide bonds. The summed E-state index contributed by atoms with van der Waals surface area (Å²) in [6.45, 7) is 4.18. The predicted octanol–water partition coefficient (Wildman–Crippen LogP) is 2.01. The van der Waals surface area contributed by atoms with E-state index in [-0.39, 0.29) is 11.7 Å². The molecule has 1 unspecified atom stereocenters. The van der Waals surface area contributed by atoms with Crippen molar-refractivity contribution in [3.05, 3.63) is 29.8 Å². The van der Waals surface area contributed by atoms with Crippen LogP contribution < -0.4 is 0 Å². The maximum Gasteiger partial charge on any atom is 0.235 e. The second-order valence-electron chi connectivity index (χ2n) is 4.51. The molecular formula is C13H19NO2S. The monoisotopic (exact) mass is 253 g/mol. The summed E-state index contributed by atoms with van der Waals surface area (Å²) in [6.07, 6.45) is 0. The van der Waals surface area contributed by atoms with Crippen LogP contribution in [0, 0.1) is 0 Å². The standard InChI is InChI=1S/C13H19NO2S/c1-10(2)11-6-5-7-12(8-11)17(16)9-13(15)14(3)4/h5-8,10H,9H2,1-4H3. The summed E-state index contributed by atoms with van der Waals surface area (Å²) in [5.41, 5.74) is 1.15. The Hall–Kier alpha value is -1.16. The zero-order valence-corrected chi connectivity index (χ0v) is 11.6. The van der Waals surface area contributed by atoms with E-state index in [9.17, 15) is 9.00 Å². The Kier molecular flexibility index (Phi) is 4.87. The van der Waals surface area contributed by atoms with Crippen LogP contribution in [0.4, 0.5) is 0 Å². The third kappa shape index (κ3) is 3.97. The average molecular weight is 253 g/mol. The summed E-state index contributed by atoms with van der Waals surface area (Å²) in [7, 11) is 2.09. The largest absolute Gasteiger partial charge is 0.348 e. The Morgan fingerprint density at radius 1 is 1.35 bits per heavy atom. The molecule has 0 saturated heterocycles. The molecule has 0 heterocycles. The molecule has 0 spiro atoms. The van der Waals surface area contributed by atoms with Gasteiger partial charge in [-0.25, -0.2) is 0 Å². The van der Waals surface area contributed by atoms with Crippen LogP contribution in [0.5, 0.6) is 0 Å². The highest BCUT2D eigenvalue weighted by molar-refractivity contribution is 7.85. The van der Waals surface area contributed by atoms with E-state index in [0.29, 0.717) is 5.92 Å². The molecule has 1 aromatic carbocycles. The molecule has 1 atom stereocenters. The number of hydrogen-bond acceptors (Lipinski definition) is 2. The van der Waals surface area contributed by atoms with Crippen LogP contribution in [0.1, 0.15) is 25.3 Å². The first-order valence-electron chi connectivity index (χ1n) is 5.60. The molecule has 0 N–H and O–H groups in total. The van der Waals surface area contributed by atoms with Gasteiger partial charge in [-0.1, -0.05) is 26.0 Å². The van der Waals surface area contributed by atoms with Gasteiger partial charge in [-0.3, -0.25) is 9.00 Å². The normalized spacial score (nSPS) is 12.5. The van der Waals surface area contributed by atoms with E-state index in [2.05, 4.69) is 13.8 Å². The molecule has 0 saturated carbocycles. The molecule has 17 heavy (non-hydrogen) atoms. The van der Waals surface area contributed by atoms with Crippen LogP contribution in [0.3, 0.4) is 0 Å². The van der Waals surface area contributed by atoms with E-state index in [1.807, 2.05) is 24.3 Å². The molecule has 0 radical (unpaired) electrons. The molecule has 3 nitrogen and oxygen atoms in total. The van der Waals surface area contributed by atoms with Crippen molar-refractivity contribution in [2.24, 2.45) is 0 Å². The van der Waals surface area contributed by atoms with Gasteiger partial charge in [0.25, 0.3) is 0 Å². The van der Waals surface area contributed by atoms with Gasteiger partial charge in [-0.15, -0.1) is 0 Å². The molecular weight excluding hydrogens is 234 g/mol. The fourth-order valence-electron chi connectivity index (χ4n) is 1.34. The number of nitrogens with zero attached hydrogens (tertiary/aromatic N) is 1. The fourth-order valence-corrected chi connectivity index (χ4v) is 2.49. The SMILES string of the molecule is CC(C)c1cccc(S(=O)CC(=O)N(C)C)c1. The van der Waals surface area contributed by atoms with Crippen molar-refractivity contribution in [2.45, 2.75) is 24.7 Å². The van der Waals surface area contributed by atoms with Crippen molar-refractivity contribution in [3.8, 4) is 0 Å². The summed E-state index contributed by atoms with van der Waals surface area (Å²) in [5.74, 6) is 0.337. The maximum absolute atomic E-state index is 12.0. The van der Waals surface area contributed by atoms with Crippen molar-refractivity contribution >= 4 is 16.7 Å². The molecule has 0 aliphatic heterocycles. The van der Waals surface area contributed by atoms with Gasteiger partial charge in [-0.05, 0) is 23.6 Å². The highest BCUT2D eigenvalue weighted by Gasteiger charge is 2.12. The zero-order valence-electron chi connectivity index (χ0n) is 10.8. The molecule has 4 heteroatoms. The molecule has 1 aromatic rings. The topological polar surface area (TPSA) is 37.4 Å². The number of benzene rings is 1. The molecule has 0 aliphatic carbocycles. The highest BCUT2D eigenvalue weighted by Crippen LogP contribution is 2.17. The average Bonchev–Trinajstić information content (AvgIpc) is 2.28. The van der Waals surface area contributed by atoms with Gasteiger partial charge >= 0.3 is 0 Å². The summed E-state index contributed by atoms with van der Waals surface area (Å²) in [4.78, 5) is 13.7. The third-order valence-corrected chi connectivity index (χ3v) is 3.83. The lowest BCUT2D eigenvalue weighted by atomic mass is 10.0. The summed E-state index contributed by atoms with van der Waals surface area (Å²) in [5, 5.41) is 0. The first-order valence-corrected chi connectivity index (χ1v) is 6.92. The van der Waals surface area contributed by atoms with Crippen molar-refractivity contribution in [2.75, 3.05) is 19.8 Å². The van der Waals surface area contributed by atoms with Crippen molar-refractivity contribution in [1.29, 1.82) is 0 Å². The number of carbonyl (C=O) groups is 1. The van der Waals surface area contributed by atoms with Gasteiger partial charge in [0.05, 0.1) is 10.8 Å².